The molecule has 4 heteroatoms. The van der Waals surface area contributed by atoms with Gasteiger partial charge in [0.1, 0.15) is 6.04 Å². The van der Waals surface area contributed by atoms with Crippen molar-refractivity contribution in [2.24, 2.45) is 5.73 Å². The van der Waals surface area contributed by atoms with Crippen LogP contribution in [0.25, 0.3) is 0 Å². The minimum absolute atomic E-state index is 0.0381. The van der Waals surface area contributed by atoms with E-state index in [1.165, 1.54) is 0 Å². The molecule has 0 bridgehead atoms. The van der Waals surface area contributed by atoms with Crippen LogP contribution in [0, 0.1) is 0 Å². The number of nitrogens with two attached hydrogens (primary N) is 1. The molecule has 82 valence electrons. The zero-order chi connectivity index (χ0) is 10.6. The summed E-state index contributed by atoms with van der Waals surface area (Å²) in [5.74, 6) is 0.0381. The van der Waals surface area contributed by atoms with E-state index in [9.17, 15) is 4.79 Å². The van der Waals surface area contributed by atoms with Crippen molar-refractivity contribution in [3.05, 3.63) is 0 Å². The number of rotatable bonds is 4. The Morgan fingerprint density at radius 1 is 1.71 bits per heavy atom. The molecule has 14 heavy (non-hydrogen) atoms. The highest BCUT2D eigenvalue weighted by Crippen LogP contribution is 2.20. The summed E-state index contributed by atoms with van der Waals surface area (Å²) in [5.41, 5.74) is 5.71. The van der Waals surface area contributed by atoms with Crippen molar-refractivity contribution in [3.8, 4) is 0 Å². The van der Waals surface area contributed by atoms with Crippen LogP contribution in [-0.2, 0) is 9.53 Å². The van der Waals surface area contributed by atoms with Crippen LogP contribution in [0.3, 0.4) is 0 Å². The minimum Gasteiger partial charge on any atom is -0.383 e. The first-order chi connectivity index (χ1) is 6.70. The molecule has 1 rings (SSSR count). The van der Waals surface area contributed by atoms with Gasteiger partial charge in [0.15, 0.2) is 0 Å². The average molecular weight is 200 g/mol. The zero-order valence-electron chi connectivity index (χ0n) is 9.03. The Balaban J connectivity index is 2.50. The fourth-order valence-corrected chi connectivity index (χ4v) is 2.01. The smallest absolute Gasteiger partial charge is 0.242 e. The summed E-state index contributed by atoms with van der Waals surface area (Å²) in [6.45, 7) is 3.28. The van der Waals surface area contributed by atoms with Crippen LogP contribution in [0.2, 0.25) is 0 Å². The second-order valence-corrected chi connectivity index (χ2v) is 3.80. The van der Waals surface area contributed by atoms with Crippen molar-refractivity contribution < 1.29 is 9.53 Å². The van der Waals surface area contributed by atoms with Gasteiger partial charge in [-0.15, -0.1) is 0 Å². The minimum atomic E-state index is -0.493. The van der Waals surface area contributed by atoms with Crippen LogP contribution in [-0.4, -0.2) is 43.2 Å². The summed E-state index contributed by atoms with van der Waals surface area (Å²) in [7, 11) is 1.56. The first-order valence-electron chi connectivity index (χ1n) is 5.25. The second kappa shape index (κ2) is 5.32. The molecule has 2 unspecified atom stereocenters. The highest BCUT2D eigenvalue weighted by molar-refractivity contribution is 5.82. The van der Waals surface area contributed by atoms with Crippen LogP contribution >= 0.6 is 0 Å². The maximum Gasteiger partial charge on any atom is 0.242 e. The largest absolute Gasteiger partial charge is 0.383 e. The van der Waals surface area contributed by atoms with Gasteiger partial charge in [0.2, 0.25) is 5.91 Å². The Kier molecular flexibility index (Phi) is 4.35. The van der Waals surface area contributed by atoms with Crippen molar-refractivity contribution in [2.75, 3.05) is 20.3 Å². The molecule has 4 nitrogen and oxygen atoms in total. The van der Waals surface area contributed by atoms with Crippen LogP contribution in [0.5, 0.6) is 0 Å². The molecule has 1 aliphatic heterocycles. The van der Waals surface area contributed by atoms with Crippen molar-refractivity contribution in [1.29, 1.82) is 0 Å². The van der Waals surface area contributed by atoms with Gasteiger partial charge >= 0.3 is 0 Å². The van der Waals surface area contributed by atoms with E-state index < -0.39 is 6.04 Å². The molecule has 1 heterocycles. The first kappa shape index (κ1) is 11.5. The van der Waals surface area contributed by atoms with Crippen molar-refractivity contribution in [2.45, 2.75) is 38.3 Å². The molecular weight excluding hydrogens is 180 g/mol. The predicted octanol–water partition coefficient (Wildman–Crippen LogP) is 0.361. The van der Waals surface area contributed by atoms with E-state index in [2.05, 4.69) is 6.92 Å². The van der Waals surface area contributed by atoms with Gasteiger partial charge in [-0.25, -0.2) is 0 Å². The molecule has 2 N–H and O–H groups in total. The van der Waals surface area contributed by atoms with E-state index in [-0.39, 0.29) is 5.91 Å². The third-order valence-electron chi connectivity index (χ3n) is 2.79. The monoisotopic (exact) mass is 200 g/mol. The van der Waals surface area contributed by atoms with E-state index in [1.54, 1.807) is 7.11 Å². The Hall–Kier alpha value is -0.610. The number of hydrogen-bond donors (Lipinski definition) is 1. The Bertz CT molecular complexity index is 197. The highest BCUT2D eigenvalue weighted by atomic mass is 16.5. The molecule has 0 saturated carbocycles. The second-order valence-electron chi connectivity index (χ2n) is 3.80. The third kappa shape index (κ3) is 2.45. The average Bonchev–Trinajstić information content (AvgIpc) is 2.64. The lowest BCUT2D eigenvalue weighted by atomic mass is 10.1. The summed E-state index contributed by atoms with van der Waals surface area (Å²) in [5, 5.41) is 0. The summed E-state index contributed by atoms with van der Waals surface area (Å²) in [4.78, 5) is 13.7. The maximum absolute atomic E-state index is 11.8. The molecule has 0 radical (unpaired) electrons. The summed E-state index contributed by atoms with van der Waals surface area (Å²) >= 11 is 0. The van der Waals surface area contributed by atoms with Gasteiger partial charge in [0.25, 0.3) is 0 Å². The van der Waals surface area contributed by atoms with Gasteiger partial charge in [0.05, 0.1) is 6.61 Å². The lowest BCUT2D eigenvalue weighted by Gasteiger charge is -2.26. The normalized spacial score (nSPS) is 23.9. The van der Waals surface area contributed by atoms with Crippen molar-refractivity contribution in [3.63, 3.8) is 0 Å². The number of methoxy groups -OCH3 is 1. The van der Waals surface area contributed by atoms with Crippen molar-refractivity contribution in [1.82, 2.24) is 4.90 Å². The van der Waals surface area contributed by atoms with E-state index in [0.717, 1.165) is 25.8 Å². The number of amides is 1. The molecular formula is C10H20N2O2. The van der Waals surface area contributed by atoms with Crippen molar-refractivity contribution >= 4 is 5.91 Å². The molecule has 2 atom stereocenters. The molecule has 0 aliphatic carbocycles. The summed E-state index contributed by atoms with van der Waals surface area (Å²) < 4.78 is 4.88. The van der Waals surface area contributed by atoms with Gasteiger partial charge in [-0.05, 0) is 19.3 Å². The predicted molar refractivity (Wildman–Crippen MR) is 54.9 cm³/mol. The topological polar surface area (TPSA) is 55.6 Å². The SMILES string of the molecule is CCC1CCCN1C(=O)C(N)COC. The molecule has 0 aromatic carbocycles. The molecule has 1 saturated heterocycles. The quantitative estimate of drug-likeness (QED) is 0.713. The Labute approximate surface area is 85.4 Å². The Morgan fingerprint density at radius 3 is 3.00 bits per heavy atom. The maximum atomic E-state index is 11.8. The summed E-state index contributed by atoms with van der Waals surface area (Å²) in [6, 6.07) is -0.0995. The number of carbonyl (C=O) groups is 1. The standard InChI is InChI=1S/C10H20N2O2/c1-3-8-5-4-6-12(8)10(13)9(11)7-14-2/h8-9H,3-7,11H2,1-2H3. The Morgan fingerprint density at radius 2 is 2.43 bits per heavy atom. The lowest BCUT2D eigenvalue weighted by molar-refractivity contribution is -0.134. The van der Waals surface area contributed by atoms with Gasteiger partial charge in [-0.1, -0.05) is 6.92 Å². The van der Waals surface area contributed by atoms with Crippen LogP contribution in [0.4, 0.5) is 0 Å². The highest BCUT2D eigenvalue weighted by Gasteiger charge is 2.30. The van der Waals surface area contributed by atoms with Gasteiger partial charge in [-0.2, -0.15) is 0 Å². The third-order valence-corrected chi connectivity index (χ3v) is 2.79. The molecule has 1 fully saturated rings. The van der Waals surface area contributed by atoms with Crippen LogP contribution in [0.1, 0.15) is 26.2 Å². The zero-order valence-corrected chi connectivity index (χ0v) is 9.03. The number of nitrogens with zero attached hydrogens (tertiary/aromatic N) is 1. The fraction of sp³-hybridized carbons (Fsp3) is 0.900. The van der Waals surface area contributed by atoms with E-state index >= 15 is 0 Å². The number of likely N-dealkylation sites (tertiary alicyclic amines) is 1. The van der Waals surface area contributed by atoms with E-state index in [4.69, 9.17) is 10.5 Å². The first-order valence-corrected chi connectivity index (χ1v) is 5.25. The van der Waals surface area contributed by atoms with Gasteiger partial charge < -0.3 is 15.4 Å². The number of hydrogen-bond acceptors (Lipinski definition) is 3. The van der Waals surface area contributed by atoms with Gasteiger partial charge in [-0.3, -0.25) is 4.79 Å². The van der Waals surface area contributed by atoms with Gasteiger partial charge in [0, 0.05) is 19.7 Å². The number of carbonyl (C=O) groups excluding carboxylic acids is 1. The summed E-state index contributed by atoms with van der Waals surface area (Å²) in [6.07, 6.45) is 3.23. The van der Waals surface area contributed by atoms with E-state index in [1.807, 2.05) is 4.90 Å². The van der Waals surface area contributed by atoms with Crippen LogP contribution in [0.15, 0.2) is 0 Å². The fourth-order valence-electron chi connectivity index (χ4n) is 2.01. The van der Waals surface area contributed by atoms with Crippen LogP contribution < -0.4 is 5.73 Å². The lowest BCUT2D eigenvalue weighted by Crippen LogP contribution is -2.47. The molecule has 0 aromatic rings. The molecule has 1 amide bonds. The van der Waals surface area contributed by atoms with E-state index in [0.29, 0.717) is 12.6 Å². The molecule has 1 aliphatic rings. The molecule has 0 spiro atoms. The number of ether oxygens (including phenoxy) is 1. The molecule has 0 aromatic heterocycles.